The molecule has 0 N–H and O–H groups in total. The summed E-state index contributed by atoms with van der Waals surface area (Å²) in [5.41, 5.74) is 0. The van der Waals surface area contributed by atoms with E-state index in [0.717, 1.165) is 0 Å². The molecule has 0 bridgehead atoms. The molecule has 1 aliphatic heterocycles. The number of methoxy groups -OCH3 is 1. The summed E-state index contributed by atoms with van der Waals surface area (Å²) >= 11 is 0. The van der Waals surface area contributed by atoms with Gasteiger partial charge in [0.15, 0.2) is 5.79 Å². The maximum absolute atomic E-state index is 10.7. The van der Waals surface area contributed by atoms with Gasteiger partial charge >= 0.3 is 5.97 Å². The molecular formula is C11H18O5. The van der Waals surface area contributed by atoms with Crippen LogP contribution in [0.5, 0.6) is 0 Å². The summed E-state index contributed by atoms with van der Waals surface area (Å²) in [6.45, 7) is 4.60. The first-order valence-electron chi connectivity index (χ1n) is 5.16. The van der Waals surface area contributed by atoms with Gasteiger partial charge in [0.1, 0.15) is 12.7 Å². The monoisotopic (exact) mass is 230 g/mol. The van der Waals surface area contributed by atoms with E-state index in [1.54, 1.807) is 6.08 Å². The number of rotatable bonds is 5. The third-order valence-electron chi connectivity index (χ3n) is 2.04. The SMILES string of the molecule is COC(=O)COC/C=C/[C@H]1COC(C)(C)O1. The van der Waals surface area contributed by atoms with Crippen LogP contribution < -0.4 is 0 Å². The van der Waals surface area contributed by atoms with Gasteiger partial charge in [-0.2, -0.15) is 0 Å². The van der Waals surface area contributed by atoms with Gasteiger partial charge in [-0.3, -0.25) is 0 Å². The van der Waals surface area contributed by atoms with Crippen molar-refractivity contribution in [2.45, 2.75) is 25.7 Å². The second-order valence-electron chi connectivity index (χ2n) is 3.89. The molecule has 0 aromatic carbocycles. The van der Waals surface area contributed by atoms with E-state index in [2.05, 4.69) is 4.74 Å². The molecule has 0 radical (unpaired) electrons. The van der Waals surface area contributed by atoms with E-state index < -0.39 is 5.79 Å². The standard InChI is InChI=1S/C11H18O5/c1-11(2)15-7-9(16-11)5-4-6-14-8-10(12)13-3/h4-5,9H,6-8H2,1-3H3/b5-4+/t9-/m0/s1. The summed E-state index contributed by atoms with van der Waals surface area (Å²) < 4.78 is 20.4. The third-order valence-corrected chi connectivity index (χ3v) is 2.04. The lowest BCUT2D eigenvalue weighted by atomic mass is 10.3. The lowest BCUT2D eigenvalue weighted by Crippen LogP contribution is -2.20. The lowest BCUT2D eigenvalue weighted by molar-refractivity contribution is -0.145. The largest absolute Gasteiger partial charge is 0.467 e. The smallest absolute Gasteiger partial charge is 0.331 e. The van der Waals surface area contributed by atoms with Gasteiger partial charge < -0.3 is 18.9 Å². The molecule has 1 aliphatic rings. The molecule has 1 heterocycles. The van der Waals surface area contributed by atoms with E-state index in [4.69, 9.17) is 14.2 Å². The van der Waals surface area contributed by atoms with Crippen molar-refractivity contribution in [3.8, 4) is 0 Å². The quantitative estimate of drug-likeness (QED) is 0.399. The van der Waals surface area contributed by atoms with Crippen molar-refractivity contribution in [2.75, 3.05) is 26.9 Å². The van der Waals surface area contributed by atoms with Gasteiger partial charge in [-0.05, 0) is 13.8 Å². The van der Waals surface area contributed by atoms with Gasteiger partial charge in [0.25, 0.3) is 0 Å². The number of esters is 1. The van der Waals surface area contributed by atoms with Crippen molar-refractivity contribution in [1.82, 2.24) is 0 Å². The Bertz CT molecular complexity index is 259. The van der Waals surface area contributed by atoms with Crippen molar-refractivity contribution in [1.29, 1.82) is 0 Å². The van der Waals surface area contributed by atoms with Gasteiger partial charge in [0.2, 0.25) is 0 Å². The van der Waals surface area contributed by atoms with Crippen molar-refractivity contribution in [3.05, 3.63) is 12.2 Å². The lowest BCUT2D eigenvalue weighted by Gasteiger charge is -2.15. The second-order valence-corrected chi connectivity index (χ2v) is 3.89. The molecule has 0 amide bonds. The molecule has 16 heavy (non-hydrogen) atoms. The summed E-state index contributed by atoms with van der Waals surface area (Å²) in [5.74, 6) is -0.892. The van der Waals surface area contributed by atoms with E-state index in [1.165, 1.54) is 7.11 Å². The average Bonchev–Trinajstić information content (AvgIpc) is 2.57. The molecule has 5 nitrogen and oxygen atoms in total. The second kappa shape index (κ2) is 5.98. The van der Waals surface area contributed by atoms with Crippen LogP contribution in [0.3, 0.4) is 0 Å². The number of ether oxygens (including phenoxy) is 4. The molecule has 0 aromatic heterocycles. The maximum atomic E-state index is 10.7. The first-order valence-corrected chi connectivity index (χ1v) is 5.16. The van der Waals surface area contributed by atoms with Gasteiger partial charge in [-0.15, -0.1) is 0 Å². The molecule has 0 spiro atoms. The highest BCUT2D eigenvalue weighted by Gasteiger charge is 2.30. The first-order chi connectivity index (χ1) is 7.53. The number of carbonyl (C=O) groups is 1. The van der Waals surface area contributed by atoms with Crippen LogP contribution in [0.4, 0.5) is 0 Å². The van der Waals surface area contributed by atoms with E-state index in [9.17, 15) is 4.79 Å². The highest BCUT2D eigenvalue weighted by Crippen LogP contribution is 2.22. The zero-order valence-electron chi connectivity index (χ0n) is 9.89. The van der Waals surface area contributed by atoms with Crippen LogP contribution >= 0.6 is 0 Å². The fourth-order valence-electron chi connectivity index (χ4n) is 1.29. The molecule has 92 valence electrons. The average molecular weight is 230 g/mol. The van der Waals surface area contributed by atoms with Crippen LogP contribution in [0.15, 0.2) is 12.2 Å². The van der Waals surface area contributed by atoms with E-state index in [1.807, 2.05) is 19.9 Å². The minimum atomic E-state index is -0.512. The van der Waals surface area contributed by atoms with E-state index in [-0.39, 0.29) is 18.7 Å². The summed E-state index contributed by atoms with van der Waals surface area (Å²) in [6, 6.07) is 0. The predicted molar refractivity (Wildman–Crippen MR) is 56.9 cm³/mol. The minimum absolute atomic E-state index is 0.0334. The van der Waals surface area contributed by atoms with Crippen LogP contribution in [0.25, 0.3) is 0 Å². The fraction of sp³-hybridized carbons (Fsp3) is 0.727. The Hall–Kier alpha value is -0.910. The fourth-order valence-corrected chi connectivity index (χ4v) is 1.29. The van der Waals surface area contributed by atoms with Crippen LogP contribution in [0.2, 0.25) is 0 Å². The van der Waals surface area contributed by atoms with Crippen molar-refractivity contribution >= 4 is 5.97 Å². The van der Waals surface area contributed by atoms with Gasteiger partial charge in [0, 0.05) is 0 Å². The molecule has 0 aromatic rings. The molecular weight excluding hydrogens is 212 g/mol. The Morgan fingerprint density at radius 1 is 1.56 bits per heavy atom. The normalized spacial score (nSPS) is 23.8. The molecule has 5 heteroatoms. The highest BCUT2D eigenvalue weighted by molar-refractivity contribution is 5.70. The summed E-state index contributed by atoms with van der Waals surface area (Å²) in [4.78, 5) is 10.7. The van der Waals surface area contributed by atoms with Crippen LogP contribution in [0.1, 0.15) is 13.8 Å². The molecule has 1 rings (SSSR count). The van der Waals surface area contributed by atoms with Crippen LogP contribution in [-0.2, 0) is 23.7 Å². The molecule has 0 aliphatic carbocycles. The Morgan fingerprint density at radius 3 is 2.88 bits per heavy atom. The Labute approximate surface area is 95.3 Å². The topological polar surface area (TPSA) is 54.0 Å². The third kappa shape index (κ3) is 4.74. The molecule has 0 unspecified atom stereocenters. The summed E-state index contributed by atoms with van der Waals surface area (Å²) in [6.07, 6.45) is 3.63. The van der Waals surface area contributed by atoms with Crippen molar-refractivity contribution in [2.24, 2.45) is 0 Å². The van der Waals surface area contributed by atoms with Gasteiger partial charge in [-0.1, -0.05) is 12.2 Å². The summed E-state index contributed by atoms with van der Waals surface area (Å²) in [5, 5.41) is 0. The van der Waals surface area contributed by atoms with Crippen molar-refractivity contribution in [3.63, 3.8) is 0 Å². The van der Waals surface area contributed by atoms with Gasteiger partial charge in [0.05, 0.1) is 20.3 Å². The molecule has 1 fully saturated rings. The predicted octanol–water partition coefficient (Wildman–Crippen LogP) is 0.884. The highest BCUT2D eigenvalue weighted by atomic mass is 16.7. The van der Waals surface area contributed by atoms with Crippen molar-refractivity contribution < 1.29 is 23.7 Å². The molecule has 0 saturated carbocycles. The van der Waals surface area contributed by atoms with Crippen LogP contribution in [0, 0.1) is 0 Å². The Morgan fingerprint density at radius 2 is 2.31 bits per heavy atom. The Kier molecular flexibility index (Phi) is 4.92. The molecule has 1 atom stereocenters. The van der Waals surface area contributed by atoms with E-state index in [0.29, 0.717) is 13.2 Å². The van der Waals surface area contributed by atoms with Gasteiger partial charge in [-0.25, -0.2) is 4.79 Å². The minimum Gasteiger partial charge on any atom is -0.467 e. The number of carbonyl (C=O) groups excluding carboxylic acids is 1. The van der Waals surface area contributed by atoms with E-state index >= 15 is 0 Å². The maximum Gasteiger partial charge on any atom is 0.331 e. The summed E-state index contributed by atoms with van der Waals surface area (Å²) in [7, 11) is 1.33. The Balaban J connectivity index is 2.11. The zero-order valence-corrected chi connectivity index (χ0v) is 9.89. The number of hydrogen-bond donors (Lipinski definition) is 0. The van der Waals surface area contributed by atoms with Crippen LogP contribution in [-0.4, -0.2) is 44.8 Å². The zero-order chi connectivity index (χ0) is 12.0. The molecule has 1 saturated heterocycles. The number of hydrogen-bond acceptors (Lipinski definition) is 5. The first kappa shape index (κ1) is 13.2.